The molecule has 4 heteroatoms. The van der Waals surface area contributed by atoms with E-state index in [0.717, 1.165) is 44.9 Å². The Hall–Kier alpha value is -0.0900. The van der Waals surface area contributed by atoms with Crippen LogP contribution in [0.15, 0.2) is 0 Å². The first-order chi connectivity index (χ1) is 8.54. The highest BCUT2D eigenvalue weighted by Gasteiger charge is 2.38. The zero-order valence-electron chi connectivity index (χ0n) is 11.7. The Kier molecular flexibility index (Phi) is 4.70. The Bertz CT molecular complexity index is 366. The normalized spacial score (nSPS) is 38.6. The van der Waals surface area contributed by atoms with Crippen molar-refractivity contribution in [3.8, 4) is 0 Å². The minimum absolute atomic E-state index is 0.0538. The van der Waals surface area contributed by atoms with Crippen molar-refractivity contribution < 1.29 is 8.42 Å². The summed E-state index contributed by atoms with van der Waals surface area (Å²) in [6.07, 6.45) is 7.97. The van der Waals surface area contributed by atoms with E-state index >= 15 is 0 Å². The molecule has 1 N–H and O–H groups in total. The molecule has 0 spiro atoms. The van der Waals surface area contributed by atoms with Crippen LogP contribution in [0.5, 0.6) is 0 Å². The van der Waals surface area contributed by atoms with Gasteiger partial charge in [0.2, 0.25) is 0 Å². The molecule has 0 heterocycles. The minimum Gasteiger partial charge on any atom is -0.317 e. The molecule has 0 bridgehead atoms. The summed E-state index contributed by atoms with van der Waals surface area (Å²) in [5.74, 6) is 0.585. The third-order valence-electron chi connectivity index (χ3n) is 4.85. The van der Waals surface area contributed by atoms with Gasteiger partial charge in [-0.05, 0) is 45.1 Å². The van der Waals surface area contributed by atoms with E-state index in [4.69, 9.17) is 0 Å². The standard InChI is InChI=1S/C14H27NO2S/c1-11-5-3-7-13(9-11)18(16,17)14-8-4-6-12(10-14)15-2/h11-15H,3-10H2,1-2H3. The molecule has 2 aliphatic rings. The first kappa shape index (κ1) is 14.3. The van der Waals surface area contributed by atoms with E-state index < -0.39 is 9.84 Å². The summed E-state index contributed by atoms with van der Waals surface area (Å²) in [6, 6.07) is 0.402. The summed E-state index contributed by atoms with van der Waals surface area (Å²) in [7, 11) is -0.954. The number of sulfone groups is 1. The van der Waals surface area contributed by atoms with Crippen LogP contribution in [-0.4, -0.2) is 32.0 Å². The molecule has 106 valence electrons. The highest BCUT2D eigenvalue weighted by atomic mass is 32.2. The Morgan fingerprint density at radius 1 is 0.944 bits per heavy atom. The molecule has 0 amide bonds. The van der Waals surface area contributed by atoms with E-state index in [0.29, 0.717) is 12.0 Å². The second-order valence-electron chi connectivity index (χ2n) is 6.26. The van der Waals surface area contributed by atoms with Gasteiger partial charge in [0.25, 0.3) is 0 Å². The lowest BCUT2D eigenvalue weighted by atomic mass is 9.90. The maximum absolute atomic E-state index is 12.7. The molecule has 2 aliphatic carbocycles. The van der Waals surface area contributed by atoms with Gasteiger partial charge in [-0.1, -0.05) is 26.2 Å². The van der Waals surface area contributed by atoms with Gasteiger partial charge in [0.1, 0.15) is 0 Å². The predicted molar refractivity (Wildman–Crippen MR) is 75.4 cm³/mol. The average Bonchev–Trinajstić information content (AvgIpc) is 2.39. The predicted octanol–water partition coefficient (Wildman–Crippen LogP) is 2.51. The van der Waals surface area contributed by atoms with Gasteiger partial charge in [-0.2, -0.15) is 0 Å². The van der Waals surface area contributed by atoms with E-state index in [9.17, 15) is 8.42 Å². The summed E-state index contributed by atoms with van der Waals surface area (Å²) in [4.78, 5) is 0. The molecule has 2 rings (SSSR count). The Balaban J connectivity index is 2.05. The zero-order chi connectivity index (χ0) is 13.2. The largest absolute Gasteiger partial charge is 0.317 e. The lowest BCUT2D eigenvalue weighted by Crippen LogP contribution is -2.42. The van der Waals surface area contributed by atoms with Gasteiger partial charge >= 0.3 is 0 Å². The van der Waals surface area contributed by atoms with Crippen LogP contribution in [0.4, 0.5) is 0 Å². The highest BCUT2D eigenvalue weighted by Crippen LogP contribution is 2.34. The number of rotatable bonds is 3. The van der Waals surface area contributed by atoms with E-state index in [1.54, 1.807) is 0 Å². The highest BCUT2D eigenvalue weighted by molar-refractivity contribution is 7.92. The van der Waals surface area contributed by atoms with Crippen LogP contribution in [0.3, 0.4) is 0 Å². The quantitative estimate of drug-likeness (QED) is 0.859. The lowest BCUT2D eigenvalue weighted by Gasteiger charge is -2.34. The van der Waals surface area contributed by atoms with Gasteiger partial charge < -0.3 is 5.32 Å². The first-order valence-corrected chi connectivity index (χ1v) is 9.05. The molecule has 18 heavy (non-hydrogen) atoms. The van der Waals surface area contributed by atoms with Crippen LogP contribution in [0, 0.1) is 5.92 Å². The van der Waals surface area contributed by atoms with Crippen LogP contribution in [0.1, 0.15) is 58.3 Å². The molecule has 0 saturated heterocycles. The van der Waals surface area contributed by atoms with E-state index in [-0.39, 0.29) is 10.5 Å². The third-order valence-corrected chi connectivity index (χ3v) is 7.57. The fraction of sp³-hybridized carbons (Fsp3) is 1.00. The zero-order valence-corrected chi connectivity index (χ0v) is 12.5. The summed E-state index contributed by atoms with van der Waals surface area (Å²) >= 11 is 0. The molecular weight excluding hydrogens is 246 g/mol. The van der Waals surface area contributed by atoms with Crippen molar-refractivity contribution in [1.29, 1.82) is 0 Å². The van der Waals surface area contributed by atoms with Crippen molar-refractivity contribution in [2.24, 2.45) is 5.92 Å². The van der Waals surface area contributed by atoms with Crippen LogP contribution < -0.4 is 5.32 Å². The van der Waals surface area contributed by atoms with Gasteiger partial charge in [0.15, 0.2) is 9.84 Å². The van der Waals surface area contributed by atoms with E-state index in [1.807, 2.05) is 7.05 Å². The van der Waals surface area contributed by atoms with Gasteiger partial charge in [-0.3, -0.25) is 0 Å². The summed E-state index contributed by atoms with van der Waals surface area (Å²) in [6.45, 7) is 2.19. The molecule has 4 atom stereocenters. The van der Waals surface area contributed by atoms with Gasteiger partial charge in [-0.15, -0.1) is 0 Å². The fourth-order valence-electron chi connectivity index (χ4n) is 3.65. The molecule has 0 radical (unpaired) electrons. The van der Waals surface area contributed by atoms with Crippen molar-refractivity contribution in [1.82, 2.24) is 5.32 Å². The molecule has 0 aliphatic heterocycles. The maximum Gasteiger partial charge on any atom is 0.156 e. The topological polar surface area (TPSA) is 46.2 Å². The Labute approximate surface area is 112 Å². The molecular formula is C14H27NO2S. The van der Waals surface area contributed by atoms with Crippen LogP contribution in [-0.2, 0) is 9.84 Å². The molecule has 3 nitrogen and oxygen atoms in total. The second-order valence-corrected chi connectivity index (χ2v) is 8.77. The van der Waals surface area contributed by atoms with Crippen molar-refractivity contribution in [3.63, 3.8) is 0 Å². The monoisotopic (exact) mass is 273 g/mol. The molecule has 0 aromatic heterocycles. The lowest BCUT2D eigenvalue weighted by molar-refractivity contribution is 0.362. The minimum atomic E-state index is -2.90. The Morgan fingerprint density at radius 3 is 2.17 bits per heavy atom. The van der Waals surface area contributed by atoms with Crippen LogP contribution in [0.2, 0.25) is 0 Å². The van der Waals surface area contributed by atoms with Gasteiger partial charge in [-0.25, -0.2) is 8.42 Å². The molecule has 0 aromatic rings. The third kappa shape index (κ3) is 3.08. The molecule has 2 saturated carbocycles. The summed E-state index contributed by atoms with van der Waals surface area (Å²) < 4.78 is 25.4. The smallest absolute Gasteiger partial charge is 0.156 e. The number of hydrogen-bond donors (Lipinski definition) is 1. The maximum atomic E-state index is 12.7. The van der Waals surface area contributed by atoms with Crippen molar-refractivity contribution in [2.75, 3.05) is 7.05 Å². The van der Waals surface area contributed by atoms with Crippen molar-refractivity contribution >= 4 is 9.84 Å². The summed E-state index contributed by atoms with van der Waals surface area (Å²) in [5, 5.41) is 3.12. The van der Waals surface area contributed by atoms with E-state index in [2.05, 4.69) is 12.2 Å². The SMILES string of the molecule is CNC1CCCC(S(=O)(=O)C2CCCC(C)C2)C1. The molecule has 4 unspecified atom stereocenters. The van der Waals surface area contributed by atoms with Crippen molar-refractivity contribution in [3.05, 3.63) is 0 Å². The second kappa shape index (κ2) is 5.91. The summed E-state index contributed by atoms with van der Waals surface area (Å²) in [5.41, 5.74) is 0. The Morgan fingerprint density at radius 2 is 1.56 bits per heavy atom. The average molecular weight is 273 g/mol. The van der Waals surface area contributed by atoms with Gasteiger partial charge in [0, 0.05) is 6.04 Å². The number of nitrogens with one attached hydrogen (secondary N) is 1. The van der Waals surface area contributed by atoms with Crippen LogP contribution in [0.25, 0.3) is 0 Å². The van der Waals surface area contributed by atoms with Crippen LogP contribution >= 0.6 is 0 Å². The first-order valence-electron chi connectivity index (χ1n) is 7.44. The van der Waals surface area contributed by atoms with E-state index in [1.165, 1.54) is 6.42 Å². The molecule has 2 fully saturated rings. The van der Waals surface area contributed by atoms with Gasteiger partial charge in [0.05, 0.1) is 10.5 Å². The fourth-order valence-corrected chi connectivity index (χ4v) is 6.29. The number of hydrogen-bond acceptors (Lipinski definition) is 3. The molecule has 0 aromatic carbocycles. The van der Waals surface area contributed by atoms with Crippen molar-refractivity contribution in [2.45, 2.75) is 74.8 Å².